The first-order valence-electron chi connectivity index (χ1n) is 6.86. The molecule has 0 unspecified atom stereocenters. The normalized spacial score (nSPS) is 10.3. The van der Waals surface area contributed by atoms with E-state index in [4.69, 9.17) is 11.5 Å². The van der Waals surface area contributed by atoms with E-state index in [1.165, 1.54) is 18.5 Å². The number of nitro groups is 1. The van der Waals surface area contributed by atoms with E-state index in [1.807, 2.05) is 0 Å². The van der Waals surface area contributed by atoms with E-state index in [9.17, 15) is 14.9 Å². The van der Waals surface area contributed by atoms with Crippen molar-refractivity contribution in [2.24, 2.45) is 0 Å². The van der Waals surface area contributed by atoms with Gasteiger partial charge in [0.05, 0.1) is 4.92 Å². The summed E-state index contributed by atoms with van der Waals surface area (Å²) in [6, 6.07) is 6.24. The highest BCUT2D eigenvalue weighted by molar-refractivity contribution is 5.96. The van der Waals surface area contributed by atoms with Crippen molar-refractivity contribution in [3.63, 3.8) is 0 Å². The molecule has 2 rings (SSSR count). The molecule has 1 aromatic heterocycles. The van der Waals surface area contributed by atoms with Gasteiger partial charge in [0.15, 0.2) is 11.6 Å². The lowest BCUT2D eigenvalue weighted by molar-refractivity contribution is -0.384. The van der Waals surface area contributed by atoms with E-state index in [0.29, 0.717) is 12.8 Å². The molecule has 0 spiro atoms. The maximum Gasteiger partial charge on any atom is 0.269 e. The average Bonchev–Trinajstić information content (AvgIpc) is 2.51. The molecular weight excluding hydrogens is 300 g/mol. The zero-order valence-corrected chi connectivity index (χ0v) is 12.2. The topological polar surface area (TPSA) is 150 Å². The van der Waals surface area contributed by atoms with Crippen molar-refractivity contribution in [2.75, 3.05) is 16.8 Å². The molecule has 9 nitrogen and oxygen atoms in total. The summed E-state index contributed by atoms with van der Waals surface area (Å²) in [5.41, 5.74) is 12.4. The number of nitrogens with two attached hydrogens (primary N) is 2. The minimum atomic E-state index is -0.450. The van der Waals surface area contributed by atoms with Gasteiger partial charge in [-0.25, -0.2) is 9.97 Å². The second-order valence-electron chi connectivity index (χ2n) is 4.84. The summed E-state index contributed by atoms with van der Waals surface area (Å²) >= 11 is 0. The van der Waals surface area contributed by atoms with Crippen LogP contribution in [-0.2, 0) is 11.2 Å². The molecule has 0 saturated carbocycles. The minimum Gasteiger partial charge on any atom is -0.382 e. The van der Waals surface area contributed by atoms with Gasteiger partial charge in [-0.15, -0.1) is 0 Å². The van der Waals surface area contributed by atoms with E-state index in [1.54, 1.807) is 12.1 Å². The van der Waals surface area contributed by atoms with Gasteiger partial charge in [0.1, 0.15) is 12.0 Å². The molecule has 0 saturated heterocycles. The molecule has 0 radical (unpaired) electrons. The van der Waals surface area contributed by atoms with Crippen molar-refractivity contribution < 1.29 is 9.72 Å². The van der Waals surface area contributed by atoms with Crippen LogP contribution in [0.2, 0.25) is 0 Å². The molecular formula is C14H16N6O3. The first-order valence-corrected chi connectivity index (χ1v) is 6.86. The van der Waals surface area contributed by atoms with Crippen LogP contribution in [0.5, 0.6) is 0 Å². The maximum atomic E-state index is 11.9. The fraction of sp³-hybridized carbons (Fsp3) is 0.214. The average molecular weight is 316 g/mol. The number of carbonyl (C=O) groups is 1. The van der Waals surface area contributed by atoms with Gasteiger partial charge < -0.3 is 16.8 Å². The molecule has 0 aliphatic carbocycles. The number of carbonyl (C=O) groups excluding carboxylic acids is 1. The molecule has 0 bridgehead atoms. The second kappa shape index (κ2) is 7.16. The van der Waals surface area contributed by atoms with Crippen molar-refractivity contribution in [3.8, 4) is 0 Å². The summed E-state index contributed by atoms with van der Waals surface area (Å²) in [5, 5.41) is 13.2. The number of nitrogens with one attached hydrogen (secondary N) is 1. The van der Waals surface area contributed by atoms with Crippen molar-refractivity contribution >= 4 is 28.9 Å². The van der Waals surface area contributed by atoms with Gasteiger partial charge in [-0.1, -0.05) is 12.1 Å². The summed E-state index contributed by atoms with van der Waals surface area (Å²) in [7, 11) is 0. The first-order chi connectivity index (χ1) is 11.0. The number of hydrogen-bond acceptors (Lipinski definition) is 7. The fourth-order valence-corrected chi connectivity index (χ4v) is 1.98. The third-order valence-corrected chi connectivity index (χ3v) is 3.19. The largest absolute Gasteiger partial charge is 0.382 e. The van der Waals surface area contributed by atoms with Gasteiger partial charge in [0, 0.05) is 18.6 Å². The van der Waals surface area contributed by atoms with E-state index in [0.717, 1.165) is 5.56 Å². The zero-order chi connectivity index (χ0) is 16.8. The minimum absolute atomic E-state index is 0.0431. The number of anilines is 3. The van der Waals surface area contributed by atoms with Crippen LogP contribution >= 0.6 is 0 Å². The molecule has 23 heavy (non-hydrogen) atoms. The molecule has 120 valence electrons. The van der Waals surface area contributed by atoms with Crippen LogP contribution in [0.4, 0.5) is 23.0 Å². The fourth-order valence-electron chi connectivity index (χ4n) is 1.98. The van der Waals surface area contributed by atoms with Gasteiger partial charge in [-0.2, -0.15) is 0 Å². The maximum absolute atomic E-state index is 11.9. The van der Waals surface area contributed by atoms with Crippen LogP contribution < -0.4 is 16.8 Å². The van der Waals surface area contributed by atoms with E-state index in [-0.39, 0.29) is 35.3 Å². The van der Waals surface area contributed by atoms with Crippen molar-refractivity contribution in [1.29, 1.82) is 0 Å². The number of aromatic nitrogens is 2. The van der Waals surface area contributed by atoms with Gasteiger partial charge >= 0.3 is 0 Å². The van der Waals surface area contributed by atoms with Crippen molar-refractivity contribution in [1.82, 2.24) is 9.97 Å². The highest BCUT2D eigenvalue weighted by Crippen LogP contribution is 2.21. The molecule has 0 aliphatic heterocycles. The smallest absolute Gasteiger partial charge is 0.269 e. The Morgan fingerprint density at radius 3 is 2.35 bits per heavy atom. The Kier molecular flexibility index (Phi) is 5.03. The van der Waals surface area contributed by atoms with Crippen molar-refractivity contribution in [3.05, 3.63) is 46.3 Å². The number of aryl methyl sites for hydroxylation is 1. The van der Waals surface area contributed by atoms with Gasteiger partial charge in [-0.3, -0.25) is 14.9 Å². The Bertz CT molecular complexity index is 697. The Labute approximate surface area is 131 Å². The third kappa shape index (κ3) is 4.37. The predicted molar refractivity (Wildman–Crippen MR) is 85.5 cm³/mol. The molecule has 0 atom stereocenters. The Morgan fingerprint density at radius 1 is 1.17 bits per heavy atom. The lowest BCUT2D eigenvalue weighted by Crippen LogP contribution is -2.15. The highest BCUT2D eigenvalue weighted by Gasteiger charge is 2.10. The standard InChI is InChI=1S/C14H16N6O3/c15-13-12(14(16)18-8-17-13)19-11(21)3-1-2-9-4-6-10(7-5-9)20(22)23/h4-8H,1-3H2,(H,19,21)(H4,15,16,17,18). The number of nitrogens with zero attached hydrogens (tertiary/aromatic N) is 3. The highest BCUT2D eigenvalue weighted by atomic mass is 16.6. The third-order valence-electron chi connectivity index (χ3n) is 3.19. The number of benzene rings is 1. The number of hydrogen-bond donors (Lipinski definition) is 3. The van der Waals surface area contributed by atoms with E-state index < -0.39 is 4.92 Å². The van der Waals surface area contributed by atoms with Gasteiger partial charge in [0.2, 0.25) is 5.91 Å². The number of non-ortho nitro benzene ring substituents is 1. The molecule has 1 amide bonds. The Morgan fingerprint density at radius 2 is 1.78 bits per heavy atom. The molecule has 5 N–H and O–H groups in total. The number of nitro benzene ring substituents is 1. The summed E-state index contributed by atoms with van der Waals surface area (Å²) in [5.74, 6) is -0.0254. The Hall–Kier alpha value is -3.23. The van der Waals surface area contributed by atoms with Crippen LogP contribution in [0.1, 0.15) is 18.4 Å². The van der Waals surface area contributed by atoms with E-state index >= 15 is 0 Å². The zero-order valence-electron chi connectivity index (χ0n) is 12.2. The van der Waals surface area contributed by atoms with Crippen LogP contribution in [0.25, 0.3) is 0 Å². The van der Waals surface area contributed by atoms with E-state index in [2.05, 4.69) is 15.3 Å². The first kappa shape index (κ1) is 16.1. The van der Waals surface area contributed by atoms with Crippen LogP contribution in [0.15, 0.2) is 30.6 Å². The van der Waals surface area contributed by atoms with Crippen LogP contribution in [0, 0.1) is 10.1 Å². The van der Waals surface area contributed by atoms with Crippen LogP contribution in [0.3, 0.4) is 0 Å². The lowest BCUT2D eigenvalue weighted by atomic mass is 10.1. The predicted octanol–water partition coefficient (Wildman–Crippen LogP) is 1.51. The Balaban J connectivity index is 1.84. The van der Waals surface area contributed by atoms with Crippen LogP contribution in [-0.4, -0.2) is 20.8 Å². The summed E-state index contributed by atoms with van der Waals surface area (Å²) < 4.78 is 0. The summed E-state index contributed by atoms with van der Waals surface area (Å²) in [6.07, 6.45) is 2.68. The molecule has 2 aromatic rings. The quantitative estimate of drug-likeness (QED) is 0.539. The van der Waals surface area contributed by atoms with Gasteiger partial charge in [0.25, 0.3) is 5.69 Å². The molecule has 0 fully saturated rings. The number of nitrogen functional groups attached to an aromatic ring is 2. The number of amides is 1. The second-order valence-corrected chi connectivity index (χ2v) is 4.84. The lowest BCUT2D eigenvalue weighted by Gasteiger charge is -2.09. The summed E-state index contributed by atoms with van der Waals surface area (Å²) in [6.45, 7) is 0. The molecule has 9 heteroatoms. The van der Waals surface area contributed by atoms with Gasteiger partial charge in [-0.05, 0) is 18.4 Å². The monoisotopic (exact) mass is 316 g/mol. The molecule has 1 aromatic carbocycles. The SMILES string of the molecule is Nc1ncnc(N)c1NC(=O)CCCc1ccc([N+](=O)[O-])cc1. The number of rotatable bonds is 6. The molecule has 0 aliphatic rings. The summed E-state index contributed by atoms with van der Waals surface area (Å²) in [4.78, 5) is 29.5. The van der Waals surface area contributed by atoms with Crippen molar-refractivity contribution in [2.45, 2.75) is 19.3 Å². The molecule has 1 heterocycles.